The molecular weight excluding hydrogens is 333 g/mol. The highest BCUT2D eigenvalue weighted by Gasteiger charge is 2.32. The molecule has 1 aliphatic rings. The van der Waals surface area contributed by atoms with Gasteiger partial charge in [0.1, 0.15) is 0 Å². The lowest BCUT2D eigenvalue weighted by atomic mass is 10.2. The Labute approximate surface area is 132 Å². The van der Waals surface area contributed by atoms with Gasteiger partial charge in [0.05, 0.1) is 24.1 Å². The van der Waals surface area contributed by atoms with Crippen LogP contribution >= 0.6 is 0 Å². The van der Waals surface area contributed by atoms with Crippen LogP contribution < -0.4 is 9.62 Å². The van der Waals surface area contributed by atoms with Crippen molar-refractivity contribution in [1.82, 2.24) is 5.32 Å². The minimum Gasteiger partial charge on any atom is -0.354 e. The molecule has 0 spiro atoms. The van der Waals surface area contributed by atoms with Gasteiger partial charge in [-0.2, -0.15) is 13.2 Å². The number of nitrogens with one attached hydrogen (secondary N) is 1. The summed E-state index contributed by atoms with van der Waals surface area (Å²) in [5.41, 5.74) is -1.01. The quantitative estimate of drug-likeness (QED) is 0.853. The van der Waals surface area contributed by atoms with E-state index in [0.717, 1.165) is 41.6 Å². The van der Waals surface area contributed by atoms with Gasteiger partial charge in [-0.05, 0) is 31.0 Å². The lowest BCUT2D eigenvalue weighted by molar-refractivity contribution is -0.137. The van der Waals surface area contributed by atoms with Gasteiger partial charge >= 0.3 is 6.18 Å². The Morgan fingerprint density at radius 2 is 2.00 bits per heavy atom. The van der Waals surface area contributed by atoms with E-state index in [9.17, 15) is 26.4 Å². The fourth-order valence-electron chi connectivity index (χ4n) is 2.09. The zero-order valence-electron chi connectivity index (χ0n) is 12.4. The topological polar surface area (TPSA) is 66.5 Å². The van der Waals surface area contributed by atoms with Crippen molar-refractivity contribution < 1.29 is 26.4 Å². The molecule has 9 heteroatoms. The monoisotopic (exact) mass is 350 g/mol. The van der Waals surface area contributed by atoms with E-state index in [4.69, 9.17) is 0 Å². The van der Waals surface area contributed by atoms with E-state index in [1.807, 2.05) is 0 Å². The molecule has 0 bridgehead atoms. The van der Waals surface area contributed by atoms with Crippen LogP contribution in [0.15, 0.2) is 24.3 Å². The highest BCUT2D eigenvalue weighted by atomic mass is 32.2. The lowest BCUT2D eigenvalue weighted by Crippen LogP contribution is -2.38. The Bertz CT molecular complexity index is 685. The first kappa shape index (κ1) is 17.6. The SMILES string of the molecule is CS(=O)(=O)N(CCNC(=O)C1CC1)c1cccc(C(F)(F)F)c1. The van der Waals surface area contributed by atoms with Crippen LogP contribution in [0.3, 0.4) is 0 Å². The molecule has 1 amide bonds. The Morgan fingerprint density at radius 3 is 2.52 bits per heavy atom. The number of benzene rings is 1. The number of sulfonamides is 1. The van der Waals surface area contributed by atoms with Gasteiger partial charge in [-0.15, -0.1) is 0 Å². The number of carbonyl (C=O) groups excluding carboxylic acids is 1. The average molecular weight is 350 g/mol. The van der Waals surface area contributed by atoms with Crippen LogP contribution in [0.5, 0.6) is 0 Å². The zero-order chi connectivity index (χ0) is 17.3. The third-order valence-corrected chi connectivity index (χ3v) is 4.62. The number of hydrogen-bond acceptors (Lipinski definition) is 3. The standard InChI is InChI=1S/C14H17F3N2O3S/c1-23(21,22)19(8-7-18-13(20)10-5-6-10)12-4-2-3-11(9-12)14(15,16)17/h2-4,9-10H,5-8H2,1H3,(H,18,20). The second-order valence-corrected chi connectivity index (χ2v) is 7.36. The Morgan fingerprint density at radius 1 is 1.35 bits per heavy atom. The summed E-state index contributed by atoms with van der Waals surface area (Å²) < 4.78 is 62.8. The minimum absolute atomic E-state index is 0.0183. The van der Waals surface area contributed by atoms with Crippen molar-refractivity contribution in [3.05, 3.63) is 29.8 Å². The van der Waals surface area contributed by atoms with Gasteiger partial charge in [-0.25, -0.2) is 8.42 Å². The van der Waals surface area contributed by atoms with Crippen molar-refractivity contribution in [2.75, 3.05) is 23.7 Å². The largest absolute Gasteiger partial charge is 0.416 e. The van der Waals surface area contributed by atoms with Gasteiger partial charge in [-0.1, -0.05) is 6.07 Å². The molecule has 1 saturated carbocycles. The van der Waals surface area contributed by atoms with Crippen LogP contribution in [-0.2, 0) is 21.0 Å². The molecule has 2 rings (SSSR count). The number of carbonyl (C=O) groups is 1. The molecule has 1 aromatic carbocycles. The maximum absolute atomic E-state index is 12.8. The highest BCUT2D eigenvalue weighted by molar-refractivity contribution is 7.92. The van der Waals surface area contributed by atoms with Crippen LogP contribution in [-0.4, -0.2) is 33.7 Å². The first-order valence-corrected chi connectivity index (χ1v) is 8.86. The number of halogens is 3. The minimum atomic E-state index is -4.56. The molecule has 1 N–H and O–H groups in total. The second-order valence-electron chi connectivity index (χ2n) is 5.45. The Kier molecular flexibility index (Phi) is 4.88. The lowest BCUT2D eigenvalue weighted by Gasteiger charge is -2.23. The van der Waals surface area contributed by atoms with Gasteiger partial charge in [0.25, 0.3) is 0 Å². The maximum Gasteiger partial charge on any atom is 0.416 e. The van der Waals surface area contributed by atoms with Crippen LogP contribution in [0.25, 0.3) is 0 Å². The van der Waals surface area contributed by atoms with E-state index in [0.29, 0.717) is 0 Å². The molecule has 1 fully saturated rings. The van der Waals surface area contributed by atoms with Crippen molar-refractivity contribution in [1.29, 1.82) is 0 Å². The molecule has 5 nitrogen and oxygen atoms in total. The molecule has 0 radical (unpaired) electrons. The molecule has 1 aliphatic carbocycles. The molecule has 0 unspecified atom stereocenters. The van der Waals surface area contributed by atoms with E-state index in [-0.39, 0.29) is 30.6 Å². The van der Waals surface area contributed by atoms with Crippen molar-refractivity contribution in [3.8, 4) is 0 Å². The van der Waals surface area contributed by atoms with Crippen molar-refractivity contribution in [3.63, 3.8) is 0 Å². The molecule has 0 atom stereocenters. The van der Waals surface area contributed by atoms with E-state index in [1.54, 1.807) is 0 Å². The molecule has 128 valence electrons. The normalized spacial score (nSPS) is 15.3. The smallest absolute Gasteiger partial charge is 0.354 e. The van der Waals surface area contributed by atoms with Crippen molar-refractivity contribution in [2.45, 2.75) is 19.0 Å². The molecule has 0 heterocycles. The van der Waals surface area contributed by atoms with E-state index < -0.39 is 21.8 Å². The first-order valence-electron chi connectivity index (χ1n) is 7.02. The predicted molar refractivity (Wildman–Crippen MR) is 79.4 cm³/mol. The summed E-state index contributed by atoms with van der Waals surface area (Å²) >= 11 is 0. The van der Waals surface area contributed by atoms with Crippen molar-refractivity contribution >= 4 is 21.6 Å². The third kappa shape index (κ3) is 4.85. The molecule has 0 aromatic heterocycles. The van der Waals surface area contributed by atoms with Crippen LogP contribution in [0, 0.1) is 5.92 Å². The van der Waals surface area contributed by atoms with E-state index >= 15 is 0 Å². The average Bonchev–Trinajstić information content (AvgIpc) is 3.25. The van der Waals surface area contributed by atoms with Gasteiger partial charge in [-0.3, -0.25) is 9.10 Å². The number of hydrogen-bond donors (Lipinski definition) is 1. The molecule has 23 heavy (non-hydrogen) atoms. The summed E-state index contributed by atoms with van der Waals surface area (Å²) in [5.74, 6) is -0.169. The number of rotatable bonds is 6. The molecule has 1 aromatic rings. The van der Waals surface area contributed by atoms with Crippen LogP contribution in [0.2, 0.25) is 0 Å². The third-order valence-electron chi connectivity index (χ3n) is 3.42. The highest BCUT2D eigenvalue weighted by Crippen LogP contribution is 2.32. The van der Waals surface area contributed by atoms with Gasteiger partial charge in [0.2, 0.25) is 15.9 Å². The second kappa shape index (κ2) is 6.38. The summed E-state index contributed by atoms with van der Waals surface area (Å²) in [7, 11) is -3.77. The van der Waals surface area contributed by atoms with Gasteiger partial charge < -0.3 is 5.32 Å². The predicted octanol–water partition coefficient (Wildman–Crippen LogP) is 2.00. The maximum atomic E-state index is 12.8. The summed E-state index contributed by atoms with van der Waals surface area (Å²) in [5, 5.41) is 2.59. The van der Waals surface area contributed by atoms with E-state index in [2.05, 4.69) is 5.32 Å². The summed E-state index contributed by atoms with van der Waals surface area (Å²) in [6, 6.07) is 4.10. The Hall–Kier alpha value is -1.77. The summed E-state index contributed by atoms with van der Waals surface area (Å²) in [6.07, 6.45) is -2.01. The fourth-order valence-corrected chi connectivity index (χ4v) is 3.01. The molecule has 0 aliphatic heterocycles. The summed E-state index contributed by atoms with van der Waals surface area (Å²) in [6.45, 7) is -0.0861. The van der Waals surface area contributed by atoms with E-state index in [1.165, 1.54) is 6.07 Å². The zero-order valence-corrected chi connectivity index (χ0v) is 13.2. The first-order chi connectivity index (χ1) is 10.6. The number of nitrogens with zero attached hydrogens (tertiary/aromatic N) is 1. The molecular formula is C14H17F3N2O3S. The van der Waals surface area contributed by atoms with Gasteiger partial charge in [0.15, 0.2) is 0 Å². The molecule has 0 saturated heterocycles. The Balaban J connectivity index is 2.13. The van der Waals surface area contributed by atoms with Crippen molar-refractivity contribution in [2.24, 2.45) is 5.92 Å². The number of alkyl halides is 3. The van der Waals surface area contributed by atoms with Crippen LogP contribution in [0.4, 0.5) is 18.9 Å². The number of amides is 1. The van der Waals surface area contributed by atoms with Crippen LogP contribution in [0.1, 0.15) is 18.4 Å². The van der Waals surface area contributed by atoms with Gasteiger partial charge in [0, 0.05) is 12.5 Å². The number of anilines is 1. The summed E-state index contributed by atoms with van der Waals surface area (Å²) in [4.78, 5) is 11.5. The fraction of sp³-hybridized carbons (Fsp3) is 0.500.